The number of hydrogen-bond acceptors (Lipinski definition) is 5. The summed E-state index contributed by atoms with van der Waals surface area (Å²) in [6.45, 7) is 3.60. The van der Waals surface area contributed by atoms with E-state index >= 15 is 0 Å². The summed E-state index contributed by atoms with van der Waals surface area (Å²) >= 11 is 0. The average Bonchev–Trinajstić information content (AvgIpc) is 3.53. The second kappa shape index (κ2) is 8.43. The van der Waals surface area contributed by atoms with Gasteiger partial charge in [0.2, 0.25) is 15.9 Å². The van der Waals surface area contributed by atoms with Crippen LogP contribution in [0, 0.1) is 17.2 Å². The number of rotatable bonds is 7. The van der Waals surface area contributed by atoms with Gasteiger partial charge in [-0.3, -0.25) is 9.69 Å². The third-order valence-electron chi connectivity index (χ3n) is 5.32. The molecule has 1 atom stereocenters. The molecule has 1 aliphatic heterocycles. The quantitative estimate of drug-likeness (QED) is 0.744. The van der Waals surface area contributed by atoms with Crippen LogP contribution >= 0.6 is 0 Å². The third kappa shape index (κ3) is 5.19. The Kier molecular flexibility index (Phi) is 6.18. The molecule has 28 heavy (non-hydrogen) atoms. The molecule has 1 N–H and O–H groups in total. The number of nitrogens with one attached hydrogen (secondary N) is 1. The molecule has 1 amide bonds. The van der Waals surface area contributed by atoms with Gasteiger partial charge in [0.25, 0.3) is 0 Å². The molecule has 8 heteroatoms. The molecule has 0 bridgehead atoms. The van der Waals surface area contributed by atoms with Crippen molar-refractivity contribution >= 4 is 22.0 Å². The zero-order chi connectivity index (χ0) is 20.2. The summed E-state index contributed by atoms with van der Waals surface area (Å²) in [7, 11) is -3.49. The maximum atomic E-state index is 12.5. The van der Waals surface area contributed by atoms with Crippen LogP contribution in [0.2, 0.25) is 0 Å². The highest BCUT2D eigenvalue weighted by Gasteiger charge is 2.43. The Morgan fingerprint density at radius 2 is 1.89 bits per heavy atom. The SMILES string of the molecule is C[C@@](C#N)(NC(=O)CN1CCN(S(=O)(=O)/C=C/c2ccccc2)CC1)C1CC1. The highest BCUT2D eigenvalue weighted by Crippen LogP contribution is 2.39. The van der Waals surface area contributed by atoms with Crippen molar-refractivity contribution in [3.8, 4) is 6.07 Å². The molecule has 1 aromatic rings. The minimum absolute atomic E-state index is 0.178. The van der Waals surface area contributed by atoms with Crippen LogP contribution in [0.3, 0.4) is 0 Å². The monoisotopic (exact) mass is 402 g/mol. The Balaban J connectivity index is 1.49. The molecule has 7 nitrogen and oxygen atoms in total. The molecular formula is C20H26N4O3S. The molecule has 1 aromatic carbocycles. The summed E-state index contributed by atoms with van der Waals surface area (Å²) in [5.41, 5.74) is 0.0300. The highest BCUT2D eigenvalue weighted by atomic mass is 32.2. The molecule has 2 fully saturated rings. The lowest BCUT2D eigenvalue weighted by Gasteiger charge is -2.33. The first-order valence-electron chi connectivity index (χ1n) is 9.50. The van der Waals surface area contributed by atoms with Gasteiger partial charge in [0, 0.05) is 31.6 Å². The minimum atomic E-state index is -3.49. The summed E-state index contributed by atoms with van der Waals surface area (Å²) in [6, 6.07) is 11.5. The van der Waals surface area contributed by atoms with E-state index in [1.807, 2.05) is 35.2 Å². The van der Waals surface area contributed by atoms with E-state index in [1.54, 1.807) is 13.0 Å². The van der Waals surface area contributed by atoms with Gasteiger partial charge in [0.15, 0.2) is 0 Å². The van der Waals surface area contributed by atoms with Crippen molar-refractivity contribution in [2.45, 2.75) is 25.3 Å². The molecule has 2 aliphatic rings. The lowest BCUT2D eigenvalue weighted by molar-refractivity contribution is -0.123. The van der Waals surface area contributed by atoms with Crippen LogP contribution in [-0.2, 0) is 14.8 Å². The van der Waals surface area contributed by atoms with E-state index in [0.29, 0.717) is 26.2 Å². The smallest absolute Gasteiger partial charge is 0.236 e. The molecule has 1 aliphatic carbocycles. The van der Waals surface area contributed by atoms with E-state index in [4.69, 9.17) is 0 Å². The van der Waals surface area contributed by atoms with Gasteiger partial charge in [0.05, 0.1) is 12.6 Å². The molecule has 0 unspecified atom stereocenters. The van der Waals surface area contributed by atoms with Gasteiger partial charge in [-0.2, -0.15) is 9.57 Å². The molecule has 3 rings (SSSR count). The van der Waals surface area contributed by atoms with E-state index in [1.165, 1.54) is 9.71 Å². The number of sulfonamides is 1. The molecule has 0 radical (unpaired) electrons. The van der Waals surface area contributed by atoms with Crippen LogP contribution in [0.25, 0.3) is 6.08 Å². The van der Waals surface area contributed by atoms with Gasteiger partial charge >= 0.3 is 0 Å². The fraction of sp³-hybridized carbons (Fsp3) is 0.500. The lowest BCUT2D eigenvalue weighted by atomic mass is 9.98. The second-order valence-electron chi connectivity index (χ2n) is 7.57. The molecule has 150 valence electrons. The maximum absolute atomic E-state index is 12.5. The van der Waals surface area contributed by atoms with Crippen molar-refractivity contribution in [3.63, 3.8) is 0 Å². The fourth-order valence-electron chi connectivity index (χ4n) is 3.37. The van der Waals surface area contributed by atoms with Crippen LogP contribution in [-0.4, -0.2) is 61.8 Å². The first-order valence-corrected chi connectivity index (χ1v) is 11.0. The van der Waals surface area contributed by atoms with Gasteiger partial charge in [-0.15, -0.1) is 0 Å². The maximum Gasteiger partial charge on any atom is 0.236 e. The van der Waals surface area contributed by atoms with E-state index < -0.39 is 15.6 Å². The van der Waals surface area contributed by atoms with Crippen molar-refractivity contribution in [1.82, 2.24) is 14.5 Å². The van der Waals surface area contributed by atoms with Crippen molar-refractivity contribution < 1.29 is 13.2 Å². The van der Waals surface area contributed by atoms with Gasteiger partial charge in [0.1, 0.15) is 5.54 Å². The van der Waals surface area contributed by atoms with Crippen molar-refractivity contribution in [3.05, 3.63) is 41.3 Å². The predicted octanol–water partition coefficient (Wildman–Crippen LogP) is 1.41. The summed E-state index contributed by atoms with van der Waals surface area (Å²) in [4.78, 5) is 14.2. The zero-order valence-electron chi connectivity index (χ0n) is 16.0. The Morgan fingerprint density at radius 3 is 2.46 bits per heavy atom. The summed E-state index contributed by atoms with van der Waals surface area (Å²) in [6.07, 6.45) is 3.53. The lowest BCUT2D eigenvalue weighted by Crippen LogP contribution is -2.54. The number of carbonyl (C=O) groups excluding carboxylic acids is 1. The summed E-state index contributed by atoms with van der Waals surface area (Å²) in [5, 5.41) is 13.4. The third-order valence-corrected chi connectivity index (χ3v) is 6.88. The Labute approximate surface area is 166 Å². The molecule has 0 aromatic heterocycles. The number of amides is 1. The van der Waals surface area contributed by atoms with Crippen LogP contribution in [0.5, 0.6) is 0 Å². The number of carbonyl (C=O) groups is 1. The van der Waals surface area contributed by atoms with Crippen molar-refractivity contribution in [2.24, 2.45) is 5.92 Å². The molecule has 1 saturated heterocycles. The van der Waals surface area contributed by atoms with E-state index in [2.05, 4.69) is 11.4 Å². The van der Waals surface area contributed by atoms with Crippen LogP contribution in [0.1, 0.15) is 25.3 Å². The average molecular weight is 403 g/mol. The Morgan fingerprint density at radius 1 is 1.25 bits per heavy atom. The molecule has 0 spiro atoms. The van der Waals surface area contributed by atoms with Gasteiger partial charge in [-0.1, -0.05) is 30.3 Å². The molecule has 1 heterocycles. The first-order chi connectivity index (χ1) is 13.3. The zero-order valence-corrected chi connectivity index (χ0v) is 16.9. The van der Waals surface area contributed by atoms with Crippen LogP contribution in [0.15, 0.2) is 35.7 Å². The van der Waals surface area contributed by atoms with Crippen LogP contribution < -0.4 is 5.32 Å². The molecular weight excluding hydrogens is 376 g/mol. The van der Waals surface area contributed by atoms with E-state index in [0.717, 1.165) is 18.4 Å². The first kappa shape index (κ1) is 20.5. The van der Waals surface area contributed by atoms with E-state index in [9.17, 15) is 18.5 Å². The normalized spacial score (nSPS) is 21.1. The minimum Gasteiger partial charge on any atom is -0.337 e. The Bertz CT molecular complexity index is 866. The predicted molar refractivity (Wildman–Crippen MR) is 107 cm³/mol. The summed E-state index contributed by atoms with van der Waals surface area (Å²) in [5.74, 6) is 0.0519. The second-order valence-corrected chi connectivity index (χ2v) is 9.39. The largest absolute Gasteiger partial charge is 0.337 e. The topological polar surface area (TPSA) is 93.5 Å². The van der Waals surface area contributed by atoms with Gasteiger partial charge < -0.3 is 5.32 Å². The number of hydrogen-bond donors (Lipinski definition) is 1. The van der Waals surface area contributed by atoms with Crippen molar-refractivity contribution in [2.75, 3.05) is 32.7 Å². The number of benzene rings is 1. The Hall–Kier alpha value is -2.21. The number of nitrogens with zero attached hydrogens (tertiary/aromatic N) is 3. The number of nitriles is 1. The summed E-state index contributed by atoms with van der Waals surface area (Å²) < 4.78 is 26.4. The van der Waals surface area contributed by atoms with Gasteiger partial charge in [-0.05, 0) is 37.3 Å². The van der Waals surface area contributed by atoms with E-state index in [-0.39, 0.29) is 18.4 Å². The highest BCUT2D eigenvalue weighted by molar-refractivity contribution is 7.92. The van der Waals surface area contributed by atoms with Crippen LogP contribution in [0.4, 0.5) is 0 Å². The standard InChI is InChI=1S/C20H26N4O3S/c1-20(16-21,18-7-8-18)22-19(25)15-23-10-12-24(13-11-23)28(26,27)14-9-17-5-3-2-4-6-17/h2-6,9,14,18H,7-8,10-13,15H2,1H3,(H,22,25)/b14-9+/t20-/m0/s1. The van der Waals surface area contributed by atoms with Crippen molar-refractivity contribution in [1.29, 1.82) is 5.26 Å². The number of piperazine rings is 1. The molecule has 1 saturated carbocycles. The fourth-order valence-corrected chi connectivity index (χ4v) is 4.54. The van der Waals surface area contributed by atoms with Gasteiger partial charge in [-0.25, -0.2) is 8.42 Å².